The Morgan fingerprint density at radius 2 is 1.58 bits per heavy atom. The molecule has 8 heteroatoms. The van der Waals surface area contributed by atoms with Crippen molar-refractivity contribution in [1.82, 2.24) is 9.97 Å². The third kappa shape index (κ3) is 5.20. The molecular formula is C23H25N3O5. The highest BCUT2D eigenvalue weighted by Gasteiger charge is 2.22. The fourth-order valence-corrected chi connectivity index (χ4v) is 3.73. The predicted molar refractivity (Wildman–Crippen MR) is 113 cm³/mol. The molecule has 0 fully saturated rings. The fourth-order valence-electron chi connectivity index (χ4n) is 3.73. The van der Waals surface area contributed by atoms with Crippen LogP contribution in [0.4, 0.5) is 5.69 Å². The summed E-state index contributed by atoms with van der Waals surface area (Å²) in [4.78, 5) is 53.7. The minimum atomic E-state index is -0.397. The zero-order valence-electron chi connectivity index (χ0n) is 17.9. The average molecular weight is 423 g/mol. The maximum Gasteiger partial charge on any atom is 0.339 e. The van der Waals surface area contributed by atoms with Crippen molar-refractivity contribution in [2.75, 3.05) is 12.4 Å². The molecule has 4 rings (SSSR count). The Morgan fingerprint density at radius 3 is 2.19 bits per heavy atom. The van der Waals surface area contributed by atoms with E-state index in [0.717, 1.165) is 36.8 Å². The molecule has 0 unspecified atom stereocenters. The van der Waals surface area contributed by atoms with Gasteiger partial charge in [0.2, 0.25) is 5.91 Å². The summed E-state index contributed by atoms with van der Waals surface area (Å²) in [5.41, 5.74) is 4.57. The number of aromatic nitrogens is 2. The molecule has 162 valence electrons. The number of hydrogen-bond donors (Lipinski definition) is 1. The number of rotatable bonds is 2. The topological polar surface area (TPSA) is 115 Å². The van der Waals surface area contributed by atoms with Crippen molar-refractivity contribution in [2.24, 2.45) is 0 Å². The Kier molecular flexibility index (Phi) is 6.89. The lowest BCUT2D eigenvalue weighted by Crippen LogP contribution is -2.17. The van der Waals surface area contributed by atoms with Crippen LogP contribution in [0.5, 0.6) is 0 Å². The molecule has 2 aliphatic carbocycles. The molecule has 8 nitrogen and oxygen atoms in total. The van der Waals surface area contributed by atoms with Gasteiger partial charge in [-0.15, -0.1) is 0 Å². The molecule has 2 aromatic heterocycles. The van der Waals surface area contributed by atoms with E-state index in [1.165, 1.54) is 20.2 Å². The van der Waals surface area contributed by atoms with E-state index >= 15 is 0 Å². The molecule has 0 atom stereocenters. The number of ketones is 2. The number of anilines is 1. The van der Waals surface area contributed by atoms with Gasteiger partial charge in [0.1, 0.15) is 11.4 Å². The van der Waals surface area contributed by atoms with Gasteiger partial charge < -0.3 is 10.1 Å². The lowest BCUT2D eigenvalue weighted by molar-refractivity contribution is -0.114. The van der Waals surface area contributed by atoms with Crippen LogP contribution in [-0.2, 0) is 22.4 Å². The highest BCUT2D eigenvalue weighted by atomic mass is 16.5. The maximum atomic E-state index is 11.6. The van der Waals surface area contributed by atoms with Gasteiger partial charge in [-0.3, -0.25) is 19.4 Å². The first-order chi connectivity index (χ1) is 14.8. The number of hydrogen-bond acceptors (Lipinski definition) is 7. The van der Waals surface area contributed by atoms with Crippen molar-refractivity contribution >= 4 is 29.1 Å². The number of nitrogens with one attached hydrogen (secondary N) is 1. The third-order valence-electron chi connectivity index (χ3n) is 5.21. The van der Waals surface area contributed by atoms with E-state index in [-0.39, 0.29) is 17.5 Å². The molecule has 0 aromatic carbocycles. The Morgan fingerprint density at radius 1 is 0.968 bits per heavy atom. The number of nitrogens with zero attached hydrogens (tertiary/aromatic N) is 2. The Hall–Kier alpha value is -3.42. The highest BCUT2D eigenvalue weighted by molar-refractivity contribution is 5.99. The molecule has 0 saturated heterocycles. The number of pyridine rings is 2. The maximum absolute atomic E-state index is 11.6. The van der Waals surface area contributed by atoms with Gasteiger partial charge in [-0.05, 0) is 55.9 Å². The SMILES string of the molecule is CC(=O)Nc1cnc2c(c1)CCCC2=O.COC(=O)c1cc2c(nc1C)C(=O)CCC2. The number of ether oxygens (including phenoxy) is 1. The highest BCUT2D eigenvalue weighted by Crippen LogP contribution is 2.23. The van der Waals surface area contributed by atoms with Crippen LogP contribution in [0.25, 0.3) is 0 Å². The molecule has 0 spiro atoms. The summed E-state index contributed by atoms with van der Waals surface area (Å²) < 4.78 is 4.67. The predicted octanol–water partition coefficient (Wildman–Crippen LogP) is 3.25. The van der Waals surface area contributed by atoms with E-state index in [0.29, 0.717) is 41.2 Å². The Bertz CT molecular complexity index is 1060. The summed E-state index contributed by atoms with van der Waals surface area (Å²) in [6.07, 6.45) is 6.04. The zero-order chi connectivity index (χ0) is 22.5. The molecule has 31 heavy (non-hydrogen) atoms. The number of aryl methyl sites for hydroxylation is 3. The molecule has 1 amide bonds. The molecule has 2 heterocycles. The largest absolute Gasteiger partial charge is 0.465 e. The van der Waals surface area contributed by atoms with Crippen LogP contribution in [0.2, 0.25) is 0 Å². The fraction of sp³-hybridized carbons (Fsp3) is 0.391. The van der Waals surface area contributed by atoms with Gasteiger partial charge in [0.15, 0.2) is 11.6 Å². The van der Waals surface area contributed by atoms with Crippen molar-refractivity contribution in [2.45, 2.75) is 52.4 Å². The van der Waals surface area contributed by atoms with Gasteiger partial charge in [0.05, 0.1) is 30.3 Å². The quantitative estimate of drug-likeness (QED) is 0.737. The molecule has 0 bridgehead atoms. The summed E-state index contributed by atoms with van der Waals surface area (Å²) in [7, 11) is 1.34. The number of carbonyl (C=O) groups excluding carboxylic acids is 4. The molecule has 2 aromatic rings. The monoisotopic (exact) mass is 423 g/mol. The van der Waals surface area contributed by atoms with Gasteiger partial charge in [0, 0.05) is 19.8 Å². The molecule has 0 aliphatic heterocycles. The normalized spacial score (nSPS) is 14.5. The van der Waals surface area contributed by atoms with E-state index in [2.05, 4.69) is 20.0 Å². The standard InChI is InChI=1S/C12H13NO3.C11H12N2O2/c1-7-9(12(15)16-2)6-8-4-3-5-10(14)11(8)13-7;1-7(14)13-9-5-8-3-2-4-10(15)11(8)12-6-9/h6H,3-5H2,1-2H3;5-6H,2-4H2,1H3,(H,13,14). The van der Waals surface area contributed by atoms with Crippen LogP contribution in [0.3, 0.4) is 0 Å². The second kappa shape index (κ2) is 9.59. The van der Waals surface area contributed by atoms with Gasteiger partial charge in [-0.2, -0.15) is 0 Å². The zero-order valence-corrected chi connectivity index (χ0v) is 17.9. The van der Waals surface area contributed by atoms with Crippen LogP contribution >= 0.6 is 0 Å². The van der Waals surface area contributed by atoms with E-state index in [4.69, 9.17) is 0 Å². The van der Waals surface area contributed by atoms with Gasteiger partial charge in [0.25, 0.3) is 0 Å². The number of Topliss-reactive ketones (excluding diaryl/α,β-unsaturated/α-hetero) is 2. The average Bonchev–Trinajstić information content (AvgIpc) is 2.73. The van der Waals surface area contributed by atoms with Crippen molar-refractivity contribution < 1.29 is 23.9 Å². The lowest BCUT2D eigenvalue weighted by Gasteiger charge is -2.15. The molecular weight excluding hydrogens is 398 g/mol. The smallest absolute Gasteiger partial charge is 0.339 e. The van der Waals surface area contributed by atoms with E-state index in [1.807, 2.05) is 6.07 Å². The lowest BCUT2D eigenvalue weighted by atomic mass is 9.93. The summed E-state index contributed by atoms with van der Waals surface area (Å²) in [5.74, 6) is -0.351. The van der Waals surface area contributed by atoms with E-state index < -0.39 is 5.97 Å². The van der Waals surface area contributed by atoms with Gasteiger partial charge >= 0.3 is 5.97 Å². The first kappa shape index (κ1) is 22.3. The van der Waals surface area contributed by atoms with Crippen LogP contribution < -0.4 is 5.32 Å². The summed E-state index contributed by atoms with van der Waals surface area (Å²) in [6.45, 7) is 3.17. The van der Waals surface area contributed by atoms with Crippen molar-refractivity contribution in [1.29, 1.82) is 0 Å². The van der Waals surface area contributed by atoms with Crippen LogP contribution in [-0.4, -0.2) is 40.5 Å². The molecule has 1 N–H and O–H groups in total. The van der Waals surface area contributed by atoms with Gasteiger partial charge in [-0.1, -0.05) is 0 Å². The van der Waals surface area contributed by atoms with Crippen LogP contribution in [0, 0.1) is 6.92 Å². The summed E-state index contributed by atoms with van der Waals surface area (Å²) >= 11 is 0. The third-order valence-corrected chi connectivity index (χ3v) is 5.21. The first-order valence-electron chi connectivity index (χ1n) is 10.2. The van der Waals surface area contributed by atoms with Crippen LogP contribution in [0.15, 0.2) is 18.3 Å². The number of methoxy groups -OCH3 is 1. The van der Waals surface area contributed by atoms with Crippen LogP contribution in [0.1, 0.15) is 80.8 Å². The second-order valence-corrected chi connectivity index (χ2v) is 7.59. The number of amides is 1. The van der Waals surface area contributed by atoms with E-state index in [9.17, 15) is 19.2 Å². The van der Waals surface area contributed by atoms with E-state index in [1.54, 1.807) is 13.0 Å². The number of fused-ring (bicyclic) bond motifs is 2. The second-order valence-electron chi connectivity index (χ2n) is 7.59. The molecule has 0 radical (unpaired) electrons. The summed E-state index contributed by atoms with van der Waals surface area (Å²) in [6, 6.07) is 3.57. The molecule has 2 aliphatic rings. The molecule has 0 saturated carbocycles. The van der Waals surface area contributed by atoms with Crippen molar-refractivity contribution in [3.63, 3.8) is 0 Å². The Balaban J connectivity index is 0.000000176. The number of esters is 1. The number of carbonyl (C=O) groups is 4. The van der Waals surface area contributed by atoms with Crippen molar-refractivity contribution in [3.8, 4) is 0 Å². The first-order valence-corrected chi connectivity index (χ1v) is 10.2. The Labute approximate surface area is 180 Å². The minimum absolute atomic E-state index is 0.0702. The minimum Gasteiger partial charge on any atom is -0.465 e. The van der Waals surface area contributed by atoms with Gasteiger partial charge in [-0.25, -0.2) is 9.78 Å². The summed E-state index contributed by atoms with van der Waals surface area (Å²) in [5, 5.41) is 2.66. The van der Waals surface area contributed by atoms with Crippen molar-refractivity contribution in [3.05, 3.63) is 52.1 Å².